The molecule has 1 saturated carbocycles. The zero-order valence-electron chi connectivity index (χ0n) is 16.3. The molecule has 3 atom stereocenters. The highest BCUT2D eigenvalue weighted by atomic mass is 35.5. The van der Waals surface area contributed by atoms with Crippen molar-refractivity contribution in [3.05, 3.63) is 30.3 Å². The van der Waals surface area contributed by atoms with Gasteiger partial charge in [0.05, 0.1) is 5.92 Å². The molecule has 1 heterocycles. The van der Waals surface area contributed by atoms with Crippen molar-refractivity contribution in [2.45, 2.75) is 44.6 Å². The fourth-order valence-electron chi connectivity index (χ4n) is 4.15. The smallest absolute Gasteiger partial charge is 0.260 e. The van der Waals surface area contributed by atoms with Crippen LogP contribution in [0.4, 0.5) is 0 Å². The third kappa shape index (κ3) is 6.11. The maximum Gasteiger partial charge on any atom is 0.260 e. The van der Waals surface area contributed by atoms with Crippen LogP contribution >= 0.6 is 12.4 Å². The number of likely N-dealkylation sites (tertiary alicyclic amines) is 1. The predicted molar refractivity (Wildman–Crippen MR) is 111 cm³/mol. The Labute approximate surface area is 173 Å². The first-order valence-electron chi connectivity index (χ1n) is 10.1. The van der Waals surface area contributed by atoms with Gasteiger partial charge < -0.3 is 20.7 Å². The van der Waals surface area contributed by atoms with Gasteiger partial charge in [-0.2, -0.15) is 0 Å². The first-order valence-corrected chi connectivity index (χ1v) is 10.1. The van der Waals surface area contributed by atoms with Crippen LogP contribution in [0.15, 0.2) is 30.3 Å². The Kier molecular flexibility index (Phi) is 9.06. The molecule has 156 valence electrons. The van der Waals surface area contributed by atoms with Gasteiger partial charge in [0.2, 0.25) is 5.91 Å². The van der Waals surface area contributed by atoms with Crippen molar-refractivity contribution >= 4 is 24.2 Å². The molecule has 1 aliphatic heterocycles. The quantitative estimate of drug-likeness (QED) is 0.755. The Hall–Kier alpha value is -1.79. The molecule has 28 heavy (non-hydrogen) atoms. The van der Waals surface area contributed by atoms with Gasteiger partial charge in [0.25, 0.3) is 5.91 Å². The molecule has 1 aliphatic carbocycles. The number of carbonyl (C=O) groups excluding carboxylic acids is 2. The van der Waals surface area contributed by atoms with Gasteiger partial charge in [0.15, 0.2) is 6.61 Å². The Morgan fingerprint density at radius 3 is 2.61 bits per heavy atom. The number of hydrogen-bond acceptors (Lipinski definition) is 4. The second-order valence-corrected chi connectivity index (χ2v) is 7.68. The third-order valence-electron chi connectivity index (χ3n) is 5.79. The average molecular weight is 410 g/mol. The summed E-state index contributed by atoms with van der Waals surface area (Å²) < 4.78 is 5.56. The first kappa shape index (κ1) is 22.5. The van der Waals surface area contributed by atoms with Gasteiger partial charge in [-0.05, 0) is 50.3 Å². The van der Waals surface area contributed by atoms with Gasteiger partial charge in [-0.3, -0.25) is 9.59 Å². The van der Waals surface area contributed by atoms with Gasteiger partial charge in [-0.25, -0.2) is 0 Å². The molecule has 3 unspecified atom stereocenters. The van der Waals surface area contributed by atoms with Crippen LogP contribution in [-0.4, -0.2) is 49.0 Å². The maximum absolute atomic E-state index is 12.8. The van der Waals surface area contributed by atoms with Crippen LogP contribution in [0, 0.1) is 11.8 Å². The fourth-order valence-corrected chi connectivity index (χ4v) is 4.15. The van der Waals surface area contributed by atoms with E-state index in [2.05, 4.69) is 5.32 Å². The van der Waals surface area contributed by atoms with Crippen molar-refractivity contribution in [2.75, 3.05) is 26.2 Å². The SMILES string of the molecule is Cl.NCC1CCCCC1NC(=O)C1CCCN(C(=O)COc2ccccc2)C1. The highest BCUT2D eigenvalue weighted by Gasteiger charge is 2.32. The minimum Gasteiger partial charge on any atom is -0.484 e. The summed E-state index contributed by atoms with van der Waals surface area (Å²) in [5.74, 6) is 0.932. The molecular weight excluding hydrogens is 378 g/mol. The van der Waals surface area contributed by atoms with Crippen molar-refractivity contribution in [1.82, 2.24) is 10.2 Å². The van der Waals surface area contributed by atoms with E-state index in [4.69, 9.17) is 10.5 Å². The van der Waals surface area contributed by atoms with E-state index >= 15 is 0 Å². The highest BCUT2D eigenvalue weighted by molar-refractivity contribution is 5.85. The number of carbonyl (C=O) groups is 2. The summed E-state index contributed by atoms with van der Waals surface area (Å²) in [6, 6.07) is 9.50. The van der Waals surface area contributed by atoms with E-state index in [1.165, 1.54) is 6.42 Å². The fraction of sp³-hybridized carbons (Fsp3) is 0.619. The maximum atomic E-state index is 12.8. The van der Waals surface area contributed by atoms with E-state index in [1.807, 2.05) is 30.3 Å². The summed E-state index contributed by atoms with van der Waals surface area (Å²) in [6.45, 7) is 1.80. The van der Waals surface area contributed by atoms with Crippen LogP contribution in [-0.2, 0) is 9.59 Å². The normalized spacial score (nSPS) is 24.8. The van der Waals surface area contributed by atoms with Crippen molar-refractivity contribution < 1.29 is 14.3 Å². The molecule has 3 N–H and O–H groups in total. The molecule has 1 saturated heterocycles. The number of para-hydroxylation sites is 1. The summed E-state index contributed by atoms with van der Waals surface area (Å²) in [6.07, 6.45) is 6.12. The van der Waals surface area contributed by atoms with Crippen molar-refractivity contribution in [3.8, 4) is 5.75 Å². The van der Waals surface area contributed by atoms with E-state index in [-0.39, 0.29) is 42.8 Å². The van der Waals surface area contributed by atoms with E-state index in [1.54, 1.807) is 4.90 Å². The molecule has 1 aromatic rings. The number of rotatable bonds is 6. The first-order chi connectivity index (χ1) is 13.2. The molecule has 2 aliphatic rings. The number of benzene rings is 1. The Morgan fingerprint density at radius 2 is 1.86 bits per heavy atom. The van der Waals surface area contributed by atoms with Crippen LogP contribution in [0.3, 0.4) is 0 Å². The van der Waals surface area contributed by atoms with Gasteiger partial charge in [0.1, 0.15) is 5.75 Å². The summed E-state index contributed by atoms with van der Waals surface area (Å²) in [5.41, 5.74) is 5.87. The van der Waals surface area contributed by atoms with Crippen molar-refractivity contribution in [1.29, 1.82) is 0 Å². The number of nitrogens with two attached hydrogens (primary N) is 1. The molecular formula is C21H32ClN3O3. The molecule has 2 amide bonds. The Morgan fingerprint density at radius 1 is 1.11 bits per heavy atom. The van der Waals surface area contributed by atoms with Crippen LogP contribution in [0.5, 0.6) is 5.75 Å². The number of halogens is 1. The number of ether oxygens (including phenoxy) is 1. The van der Waals surface area contributed by atoms with Crippen LogP contribution in [0.25, 0.3) is 0 Å². The molecule has 0 aromatic heterocycles. The second kappa shape index (κ2) is 11.3. The van der Waals surface area contributed by atoms with Crippen molar-refractivity contribution in [3.63, 3.8) is 0 Å². The van der Waals surface area contributed by atoms with Gasteiger partial charge in [-0.15, -0.1) is 12.4 Å². The molecule has 1 aromatic carbocycles. The topological polar surface area (TPSA) is 84.7 Å². The number of nitrogens with zero attached hydrogens (tertiary/aromatic N) is 1. The number of hydrogen-bond donors (Lipinski definition) is 2. The van der Waals surface area contributed by atoms with Gasteiger partial charge in [-0.1, -0.05) is 31.0 Å². The standard InChI is InChI=1S/C21H31N3O3.ClH/c22-13-16-7-4-5-11-19(16)23-21(26)17-8-6-12-24(14-17)20(25)15-27-18-9-2-1-3-10-18;/h1-3,9-10,16-17,19H,4-8,11-15,22H2,(H,23,26);1H. The number of nitrogens with one attached hydrogen (secondary N) is 1. The summed E-state index contributed by atoms with van der Waals surface area (Å²) in [4.78, 5) is 27.0. The Balaban J connectivity index is 0.00000280. The lowest BCUT2D eigenvalue weighted by Gasteiger charge is -2.35. The lowest BCUT2D eigenvalue weighted by molar-refractivity contribution is -0.137. The van der Waals surface area contributed by atoms with E-state index < -0.39 is 0 Å². The lowest BCUT2D eigenvalue weighted by atomic mass is 9.84. The summed E-state index contributed by atoms with van der Waals surface area (Å²) in [7, 11) is 0. The van der Waals surface area contributed by atoms with Crippen LogP contribution in [0.1, 0.15) is 38.5 Å². The lowest BCUT2D eigenvalue weighted by Crippen LogP contribution is -2.51. The minimum absolute atomic E-state index is 0. The molecule has 0 radical (unpaired) electrons. The van der Waals surface area contributed by atoms with Crippen LogP contribution < -0.4 is 15.8 Å². The predicted octanol–water partition coefficient (Wildman–Crippen LogP) is 2.36. The monoisotopic (exact) mass is 409 g/mol. The molecule has 0 bridgehead atoms. The number of piperidine rings is 1. The third-order valence-corrected chi connectivity index (χ3v) is 5.79. The summed E-state index contributed by atoms with van der Waals surface area (Å²) in [5, 5.41) is 3.22. The van der Waals surface area contributed by atoms with E-state index in [9.17, 15) is 9.59 Å². The average Bonchev–Trinajstić information content (AvgIpc) is 2.73. The Bertz CT molecular complexity index is 629. The molecule has 2 fully saturated rings. The summed E-state index contributed by atoms with van der Waals surface area (Å²) >= 11 is 0. The van der Waals surface area contributed by atoms with E-state index in [0.29, 0.717) is 31.3 Å². The highest BCUT2D eigenvalue weighted by Crippen LogP contribution is 2.25. The molecule has 6 nitrogen and oxygen atoms in total. The van der Waals surface area contributed by atoms with Crippen molar-refractivity contribution in [2.24, 2.45) is 17.6 Å². The zero-order valence-corrected chi connectivity index (χ0v) is 17.2. The largest absolute Gasteiger partial charge is 0.484 e. The molecule has 3 rings (SSSR count). The van der Waals surface area contributed by atoms with Gasteiger partial charge >= 0.3 is 0 Å². The second-order valence-electron chi connectivity index (χ2n) is 7.68. The zero-order chi connectivity index (χ0) is 19.1. The molecule has 7 heteroatoms. The minimum atomic E-state index is -0.139. The van der Waals surface area contributed by atoms with Gasteiger partial charge in [0, 0.05) is 19.1 Å². The van der Waals surface area contributed by atoms with E-state index in [0.717, 1.165) is 32.1 Å². The number of amides is 2. The van der Waals surface area contributed by atoms with Crippen LogP contribution in [0.2, 0.25) is 0 Å². The molecule has 0 spiro atoms.